The van der Waals surface area contributed by atoms with Crippen LogP contribution in [0.15, 0.2) is 46.9 Å². The Hall–Kier alpha value is -2.14. The van der Waals surface area contributed by atoms with Crippen molar-refractivity contribution >= 4 is 33.3 Å². The van der Waals surface area contributed by atoms with Gasteiger partial charge < -0.3 is 10.1 Å². The fraction of sp³-hybridized carbons (Fsp3) is 0.333. The summed E-state index contributed by atoms with van der Waals surface area (Å²) in [6, 6.07) is 12.2. The SMILES string of the molecule is CCCCCCOc1ccc(C(=O)Nc2cccc(C(C)=O)c2)cc1Br. The largest absolute Gasteiger partial charge is 0.492 e. The molecule has 4 nitrogen and oxygen atoms in total. The van der Waals surface area contributed by atoms with Crippen molar-refractivity contribution in [3.05, 3.63) is 58.1 Å². The van der Waals surface area contributed by atoms with Crippen molar-refractivity contribution in [3.63, 3.8) is 0 Å². The van der Waals surface area contributed by atoms with Crippen molar-refractivity contribution in [2.24, 2.45) is 0 Å². The molecule has 0 heterocycles. The van der Waals surface area contributed by atoms with E-state index in [4.69, 9.17) is 4.74 Å². The van der Waals surface area contributed by atoms with Gasteiger partial charge in [-0.05, 0) is 59.6 Å². The molecule has 0 saturated carbocycles. The van der Waals surface area contributed by atoms with E-state index in [1.54, 1.807) is 42.5 Å². The number of rotatable bonds is 9. The van der Waals surface area contributed by atoms with Gasteiger partial charge in [0.2, 0.25) is 0 Å². The molecular weight excluding hydrogens is 394 g/mol. The van der Waals surface area contributed by atoms with Gasteiger partial charge in [0.05, 0.1) is 11.1 Å². The number of unbranched alkanes of at least 4 members (excludes halogenated alkanes) is 3. The van der Waals surface area contributed by atoms with Crippen LogP contribution >= 0.6 is 15.9 Å². The van der Waals surface area contributed by atoms with Crippen molar-refractivity contribution in [1.82, 2.24) is 0 Å². The molecule has 0 bridgehead atoms. The molecule has 1 N–H and O–H groups in total. The molecule has 0 atom stereocenters. The Morgan fingerprint density at radius 2 is 1.85 bits per heavy atom. The van der Waals surface area contributed by atoms with Gasteiger partial charge in [0.25, 0.3) is 5.91 Å². The molecule has 0 unspecified atom stereocenters. The molecule has 0 saturated heterocycles. The van der Waals surface area contributed by atoms with E-state index >= 15 is 0 Å². The first kappa shape index (κ1) is 20.2. The maximum atomic E-state index is 12.4. The highest BCUT2D eigenvalue weighted by Gasteiger charge is 2.10. The second kappa shape index (κ2) is 10.1. The van der Waals surface area contributed by atoms with Crippen LogP contribution in [-0.4, -0.2) is 18.3 Å². The number of ether oxygens (including phenoxy) is 1. The molecule has 5 heteroatoms. The van der Waals surface area contributed by atoms with Crippen LogP contribution in [0.4, 0.5) is 5.69 Å². The summed E-state index contributed by atoms with van der Waals surface area (Å²) in [5, 5.41) is 2.81. The van der Waals surface area contributed by atoms with Crippen molar-refractivity contribution in [3.8, 4) is 5.75 Å². The van der Waals surface area contributed by atoms with Crippen molar-refractivity contribution in [2.75, 3.05) is 11.9 Å². The van der Waals surface area contributed by atoms with Crippen molar-refractivity contribution in [2.45, 2.75) is 39.5 Å². The normalized spacial score (nSPS) is 10.4. The van der Waals surface area contributed by atoms with Gasteiger partial charge in [0.1, 0.15) is 5.75 Å². The number of carbonyl (C=O) groups excluding carboxylic acids is 2. The summed E-state index contributed by atoms with van der Waals surface area (Å²) in [5.74, 6) is 0.460. The maximum Gasteiger partial charge on any atom is 0.255 e. The first-order valence-corrected chi connectivity index (χ1v) is 9.65. The minimum Gasteiger partial charge on any atom is -0.492 e. The zero-order valence-electron chi connectivity index (χ0n) is 15.2. The number of carbonyl (C=O) groups is 2. The Balaban J connectivity index is 1.98. The standard InChI is InChI=1S/C21H24BrNO3/c1-3-4-5-6-12-26-20-11-10-17(14-19(20)22)21(25)23-18-9-7-8-16(13-18)15(2)24/h7-11,13-14H,3-6,12H2,1-2H3,(H,23,25). The summed E-state index contributed by atoms with van der Waals surface area (Å²) in [4.78, 5) is 23.9. The molecule has 0 aliphatic rings. The van der Waals surface area contributed by atoms with Crippen LogP contribution in [0.2, 0.25) is 0 Å². The van der Waals surface area contributed by atoms with Gasteiger partial charge in [0, 0.05) is 16.8 Å². The molecule has 2 rings (SSSR count). The molecule has 2 aromatic carbocycles. The third-order valence-electron chi connectivity index (χ3n) is 3.98. The predicted molar refractivity (Wildman–Crippen MR) is 108 cm³/mol. The molecular formula is C21H24BrNO3. The highest BCUT2D eigenvalue weighted by Crippen LogP contribution is 2.27. The zero-order valence-corrected chi connectivity index (χ0v) is 16.8. The number of hydrogen-bond donors (Lipinski definition) is 1. The van der Waals surface area contributed by atoms with Crippen molar-refractivity contribution in [1.29, 1.82) is 0 Å². The predicted octanol–water partition coefficient (Wildman–Crippen LogP) is 5.86. The number of hydrogen-bond acceptors (Lipinski definition) is 3. The van der Waals surface area contributed by atoms with Gasteiger partial charge in [-0.1, -0.05) is 38.3 Å². The average Bonchev–Trinajstić information content (AvgIpc) is 2.62. The fourth-order valence-electron chi connectivity index (χ4n) is 2.49. The molecule has 0 aliphatic carbocycles. The van der Waals surface area contributed by atoms with Gasteiger partial charge >= 0.3 is 0 Å². The second-order valence-corrected chi connectivity index (χ2v) is 7.00. The van der Waals surface area contributed by atoms with Crippen molar-refractivity contribution < 1.29 is 14.3 Å². The van der Waals surface area contributed by atoms with Gasteiger partial charge in [0.15, 0.2) is 5.78 Å². The van der Waals surface area contributed by atoms with Crippen LogP contribution < -0.4 is 10.1 Å². The van der Waals surface area contributed by atoms with E-state index in [2.05, 4.69) is 28.2 Å². The van der Waals surface area contributed by atoms with E-state index in [9.17, 15) is 9.59 Å². The van der Waals surface area contributed by atoms with Gasteiger partial charge in [-0.25, -0.2) is 0 Å². The molecule has 0 aromatic heterocycles. The summed E-state index contributed by atoms with van der Waals surface area (Å²) in [5.41, 5.74) is 1.68. The molecule has 0 aliphatic heterocycles. The van der Waals surface area contributed by atoms with E-state index in [0.717, 1.165) is 23.1 Å². The van der Waals surface area contributed by atoms with Crippen LogP contribution in [0.3, 0.4) is 0 Å². The van der Waals surface area contributed by atoms with Crippen LogP contribution in [0, 0.1) is 0 Å². The molecule has 0 radical (unpaired) electrons. The third-order valence-corrected chi connectivity index (χ3v) is 4.60. The van der Waals surface area contributed by atoms with Crippen LogP contribution in [0.5, 0.6) is 5.75 Å². The molecule has 0 spiro atoms. The summed E-state index contributed by atoms with van der Waals surface area (Å²) in [6.45, 7) is 4.35. The second-order valence-electron chi connectivity index (χ2n) is 6.15. The average molecular weight is 418 g/mol. The molecule has 2 aromatic rings. The quantitative estimate of drug-likeness (QED) is 0.410. The van der Waals surface area contributed by atoms with E-state index in [1.807, 2.05) is 0 Å². The fourth-order valence-corrected chi connectivity index (χ4v) is 2.98. The molecule has 1 amide bonds. The van der Waals surface area contributed by atoms with Crippen LogP contribution in [-0.2, 0) is 0 Å². The number of benzene rings is 2. The van der Waals surface area contributed by atoms with E-state index in [1.165, 1.54) is 19.8 Å². The Morgan fingerprint density at radius 1 is 1.04 bits per heavy atom. The lowest BCUT2D eigenvalue weighted by Crippen LogP contribution is -2.12. The smallest absolute Gasteiger partial charge is 0.255 e. The van der Waals surface area contributed by atoms with E-state index in [-0.39, 0.29) is 11.7 Å². The molecule has 138 valence electrons. The summed E-state index contributed by atoms with van der Waals surface area (Å²) in [6.07, 6.45) is 4.60. The molecule has 26 heavy (non-hydrogen) atoms. The molecule has 0 fully saturated rings. The monoisotopic (exact) mass is 417 g/mol. The van der Waals surface area contributed by atoms with Crippen LogP contribution in [0.25, 0.3) is 0 Å². The number of anilines is 1. The summed E-state index contributed by atoms with van der Waals surface area (Å²) in [7, 11) is 0. The van der Waals surface area contributed by atoms with Gasteiger partial charge in [-0.15, -0.1) is 0 Å². The first-order chi connectivity index (χ1) is 12.5. The Labute approximate surface area is 163 Å². The first-order valence-electron chi connectivity index (χ1n) is 8.86. The van der Waals surface area contributed by atoms with E-state index in [0.29, 0.717) is 23.4 Å². The maximum absolute atomic E-state index is 12.4. The number of ketones is 1. The highest BCUT2D eigenvalue weighted by atomic mass is 79.9. The lowest BCUT2D eigenvalue weighted by molar-refractivity contribution is 0.101. The third kappa shape index (κ3) is 5.99. The Kier molecular flexibility index (Phi) is 7.85. The Morgan fingerprint density at radius 3 is 2.54 bits per heavy atom. The topological polar surface area (TPSA) is 55.4 Å². The summed E-state index contributed by atoms with van der Waals surface area (Å²) < 4.78 is 6.51. The zero-order chi connectivity index (χ0) is 18.9. The minimum absolute atomic E-state index is 0.0377. The van der Waals surface area contributed by atoms with Gasteiger partial charge in [-0.2, -0.15) is 0 Å². The Bertz CT molecular complexity index is 774. The number of halogens is 1. The number of amides is 1. The lowest BCUT2D eigenvalue weighted by Gasteiger charge is -2.10. The number of Topliss-reactive ketones (excluding diaryl/α,β-unsaturated/α-hetero) is 1. The lowest BCUT2D eigenvalue weighted by atomic mass is 10.1. The van der Waals surface area contributed by atoms with Crippen LogP contribution in [0.1, 0.15) is 60.2 Å². The number of nitrogens with one attached hydrogen (secondary N) is 1. The highest BCUT2D eigenvalue weighted by molar-refractivity contribution is 9.10. The van der Waals surface area contributed by atoms with Gasteiger partial charge in [-0.3, -0.25) is 9.59 Å². The van der Waals surface area contributed by atoms with E-state index < -0.39 is 0 Å². The minimum atomic E-state index is -0.235. The summed E-state index contributed by atoms with van der Waals surface area (Å²) >= 11 is 3.46.